The van der Waals surface area contributed by atoms with E-state index in [0.29, 0.717) is 50.2 Å². The summed E-state index contributed by atoms with van der Waals surface area (Å²) in [4.78, 5) is 19.6. The molecule has 0 fully saturated rings. The average Bonchev–Trinajstić information content (AvgIpc) is 3.05. The lowest BCUT2D eigenvalue weighted by Crippen LogP contribution is -2.42. The van der Waals surface area contributed by atoms with Crippen molar-refractivity contribution < 1.29 is 18.0 Å². The normalized spacial score (nSPS) is 15.6. The van der Waals surface area contributed by atoms with Gasteiger partial charge in [-0.1, -0.05) is 6.07 Å². The lowest BCUT2D eigenvalue weighted by Gasteiger charge is -2.28. The van der Waals surface area contributed by atoms with Crippen LogP contribution in [0.2, 0.25) is 0 Å². The number of benzene rings is 1. The Morgan fingerprint density at radius 2 is 2.07 bits per heavy atom. The summed E-state index contributed by atoms with van der Waals surface area (Å²) in [5, 5.41) is 8.31. The summed E-state index contributed by atoms with van der Waals surface area (Å²) in [6.45, 7) is 1.60. The molecule has 30 heavy (non-hydrogen) atoms. The van der Waals surface area contributed by atoms with Gasteiger partial charge in [0.25, 0.3) is 0 Å². The number of likely N-dealkylation sites (N-methyl/N-ethyl adjacent to an activating group) is 1. The van der Waals surface area contributed by atoms with Gasteiger partial charge >= 0.3 is 0 Å². The maximum Gasteiger partial charge on any atom is 0.223 e. The van der Waals surface area contributed by atoms with Gasteiger partial charge in [-0.25, -0.2) is 13.8 Å². The first-order valence-electron chi connectivity index (χ1n) is 9.97. The highest BCUT2D eigenvalue weighted by molar-refractivity contribution is 5.61. The van der Waals surface area contributed by atoms with Gasteiger partial charge in [-0.15, -0.1) is 0 Å². The minimum atomic E-state index is -0.886. The van der Waals surface area contributed by atoms with E-state index in [1.165, 1.54) is 12.1 Å². The van der Waals surface area contributed by atoms with Crippen LogP contribution in [0.1, 0.15) is 17.7 Å². The molecule has 162 valence electrons. The molecule has 1 unspecified atom stereocenters. The number of hydrogen-bond donors (Lipinski definition) is 1. The molecule has 1 atom stereocenters. The largest absolute Gasteiger partial charge is 0.345 e. The molecule has 0 saturated carbocycles. The molecule has 0 radical (unpaired) electrons. The zero-order chi connectivity index (χ0) is 21.7. The van der Waals surface area contributed by atoms with E-state index in [0.717, 1.165) is 18.2 Å². The number of nitrogens with one attached hydrogen (secondary N) is 1. The van der Waals surface area contributed by atoms with E-state index >= 15 is 0 Å². The van der Waals surface area contributed by atoms with E-state index in [9.17, 15) is 18.0 Å². The summed E-state index contributed by atoms with van der Waals surface area (Å²) in [5.74, 6) is -1.03. The fraction of sp³-hybridized carbons (Fsp3) is 0.476. The van der Waals surface area contributed by atoms with E-state index in [1.54, 1.807) is 4.57 Å². The van der Waals surface area contributed by atoms with Crippen LogP contribution < -0.4 is 10.5 Å². The topological polar surface area (TPSA) is 65.2 Å². The van der Waals surface area contributed by atoms with Crippen molar-refractivity contribution in [2.45, 2.75) is 31.8 Å². The van der Waals surface area contributed by atoms with Gasteiger partial charge in [-0.2, -0.15) is 0 Å². The summed E-state index contributed by atoms with van der Waals surface area (Å²) in [7, 11) is 1.91. The lowest BCUT2D eigenvalue weighted by atomic mass is 10.1. The Labute approximate surface area is 173 Å². The highest BCUT2D eigenvalue weighted by Crippen LogP contribution is 2.25. The third-order valence-corrected chi connectivity index (χ3v) is 5.33. The Balaban J connectivity index is 1.77. The predicted octanol–water partition coefficient (Wildman–Crippen LogP) is 2.10. The number of alkyl halides is 1. The number of carbonyl (C=O) groups excluding carboxylic acids is 1. The number of fused-ring (bicyclic) bond motifs is 1. The monoisotopic (exact) mass is 421 g/mol. The molecule has 6 nitrogen and oxygen atoms in total. The van der Waals surface area contributed by atoms with Gasteiger partial charge < -0.3 is 14.6 Å². The summed E-state index contributed by atoms with van der Waals surface area (Å²) in [6.07, 6.45) is 2.20. The molecule has 0 spiro atoms. The molecular weight excluding hydrogens is 395 g/mol. The van der Waals surface area contributed by atoms with Crippen molar-refractivity contribution in [1.29, 1.82) is 5.41 Å². The molecule has 1 aliphatic rings. The van der Waals surface area contributed by atoms with Crippen molar-refractivity contribution in [3.8, 4) is 0 Å². The summed E-state index contributed by atoms with van der Waals surface area (Å²) in [6, 6.07) is 5.63. The number of hydrogen-bond acceptors (Lipinski definition) is 5. The molecule has 2 aromatic rings. The minimum Gasteiger partial charge on any atom is -0.345 e. The molecule has 0 bridgehead atoms. The van der Waals surface area contributed by atoms with Crippen LogP contribution in [0, 0.1) is 17.0 Å². The van der Waals surface area contributed by atoms with Gasteiger partial charge in [0.05, 0.1) is 19.3 Å². The quantitative estimate of drug-likeness (QED) is 0.597. The number of aryl methyl sites for hydroxylation is 2. The molecule has 1 aromatic carbocycles. The molecule has 0 amide bonds. The molecule has 0 saturated heterocycles. The second kappa shape index (κ2) is 9.88. The fourth-order valence-electron chi connectivity index (χ4n) is 3.83. The molecule has 2 heterocycles. The van der Waals surface area contributed by atoms with Gasteiger partial charge in [-0.05, 0) is 44.0 Å². The molecule has 1 aliphatic heterocycles. The fourth-order valence-corrected chi connectivity index (χ4v) is 3.83. The highest BCUT2D eigenvalue weighted by atomic mass is 19.2. The number of aromatic nitrogens is 2. The van der Waals surface area contributed by atoms with E-state index in [2.05, 4.69) is 4.98 Å². The van der Waals surface area contributed by atoms with Gasteiger partial charge in [0.2, 0.25) is 5.62 Å². The van der Waals surface area contributed by atoms with Crippen LogP contribution >= 0.6 is 0 Å². The van der Waals surface area contributed by atoms with E-state index < -0.39 is 11.6 Å². The highest BCUT2D eigenvalue weighted by Gasteiger charge is 2.30. The third-order valence-electron chi connectivity index (χ3n) is 5.33. The van der Waals surface area contributed by atoms with Crippen LogP contribution in [0.5, 0.6) is 0 Å². The Bertz CT molecular complexity index is 949. The van der Waals surface area contributed by atoms with Crippen LogP contribution in [0.25, 0.3) is 0 Å². The van der Waals surface area contributed by atoms with Crippen molar-refractivity contribution in [3.63, 3.8) is 0 Å². The molecule has 3 rings (SSSR count). The molecule has 1 aromatic heterocycles. The standard InChI is InChI=1S/C21H26F3N5O/c1-27(8-2-7-22)13-17-14-29-20(28(17)9-10-30)12-16(26-21(29)25)5-3-15-4-6-18(23)19(24)11-15/h4,6,10-12,17,25H,2-3,5,7-9,13-14H2,1H3. The first-order chi connectivity index (χ1) is 14.4. The summed E-state index contributed by atoms with van der Waals surface area (Å²) < 4.78 is 40.7. The van der Waals surface area contributed by atoms with Crippen molar-refractivity contribution in [2.24, 2.45) is 0 Å². The Morgan fingerprint density at radius 1 is 1.27 bits per heavy atom. The third kappa shape index (κ3) is 5.08. The van der Waals surface area contributed by atoms with Crippen LogP contribution in [-0.2, 0) is 24.2 Å². The van der Waals surface area contributed by atoms with Gasteiger partial charge in [-0.3, -0.25) is 14.4 Å². The number of rotatable bonds is 10. The Hall–Kier alpha value is -2.68. The smallest absolute Gasteiger partial charge is 0.223 e. The zero-order valence-electron chi connectivity index (χ0n) is 17.0. The van der Waals surface area contributed by atoms with Crippen LogP contribution in [0.3, 0.4) is 0 Å². The van der Waals surface area contributed by atoms with Gasteiger partial charge in [0, 0.05) is 31.4 Å². The van der Waals surface area contributed by atoms with Crippen LogP contribution in [0.4, 0.5) is 19.0 Å². The number of carbonyl (C=O) groups is 1. The number of nitrogens with zero attached hydrogens (tertiary/aromatic N) is 4. The number of halogens is 3. The number of anilines is 1. The maximum atomic E-state index is 13.4. The van der Waals surface area contributed by atoms with Crippen LogP contribution in [-0.4, -0.2) is 60.1 Å². The van der Waals surface area contributed by atoms with Gasteiger partial charge in [0.15, 0.2) is 11.6 Å². The zero-order valence-corrected chi connectivity index (χ0v) is 17.0. The predicted molar refractivity (Wildman–Crippen MR) is 107 cm³/mol. The van der Waals surface area contributed by atoms with Crippen LogP contribution in [0.15, 0.2) is 24.3 Å². The van der Waals surface area contributed by atoms with Crippen molar-refractivity contribution >= 4 is 12.1 Å². The summed E-state index contributed by atoms with van der Waals surface area (Å²) in [5.41, 5.74) is 1.39. The summed E-state index contributed by atoms with van der Waals surface area (Å²) >= 11 is 0. The average molecular weight is 421 g/mol. The molecular formula is C21H26F3N5O. The molecule has 0 aliphatic carbocycles. The number of aldehydes is 1. The maximum absolute atomic E-state index is 13.4. The van der Waals surface area contributed by atoms with Crippen molar-refractivity contribution in [1.82, 2.24) is 14.5 Å². The van der Waals surface area contributed by atoms with Crippen molar-refractivity contribution in [2.75, 3.05) is 38.3 Å². The second-order valence-electron chi connectivity index (χ2n) is 7.57. The van der Waals surface area contributed by atoms with E-state index in [4.69, 9.17) is 5.41 Å². The van der Waals surface area contributed by atoms with E-state index in [1.807, 2.05) is 22.9 Å². The first kappa shape index (κ1) is 22.0. The minimum absolute atomic E-state index is 0.0212. The second-order valence-corrected chi connectivity index (χ2v) is 7.57. The lowest BCUT2D eigenvalue weighted by molar-refractivity contribution is -0.106. The Morgan fingerprint density at radius 3 is 2.77 bits per heavy atom. The molecule has 9 heteroatoms. The van der Waals surface area contributed by atoms with Crippen molar-refractivity contribution in [3.05, 3.63) is 52.8 Å². The van der Waals surface area contributed by atoms with E-state index in [-0.39, 0.29) is 24.9 Å². The molecule has 1 N–H and O–H groups in total. The SMILES string of the molecule is CN(CCCF)CC1Cn2c(cc(CCc3ccc(F)c(F)c3)nc2=N)N1CC=O. The first-order valence-corrected chi connectivity index (χ1v) is 9.97. The van der Waals surface area contributed by atoms with Gasteiger partial charge in [0.1, 0.15) is 12.1 Å². The Kier molecular flexibility index (Phi) is 7.25.